The molecule has 0 aliphatic carbocycles. The Kier molecular flexibility index (Phi) is 9.63. The number of ether oxygens (including phenoxy) is 6. The van der Waals surface area contributed by atoms with Crippen LogP contribution in [-0.4, -0.2) is 104 Å². The highest BCUT2D eigenvalue weighted by Crippen LogP contribution is 2.39. The van der Waals surface area contributed by atoms with Gasteiger partial charge < -0.3 is 63.5 Å². The van der Waals surface area contributed by atoms with Crippen LogP contribution in [0.2, 0.25) is 0 Å². The van der Waals surface area contributed by atoms with Crippen molar-refractivity contribution in [2.75, 3.05) is 0 Å². The zero-order chi connectivity index (χ0) is 34.3. The van der Waals surface area contributed by atoms with E-state index in [9.17, 15) is 45.0 Å². The van der Waals surface area contributed by atoms with Crippen molar-refractivity contribution in [2.24, 2.45) is 0 Å². The summed E-state index contributed by atoms with van der Waals surface area (Å²) in [6.45, 7) is 5.13. The second-order valence-corrected chi connectivity index (χ2v) is 11.2. The van der Waals surface area contributed by atoms with Gasteiger partial charge in [0.25, 0.3) is 0 Å². The molecular weight excluding hydrogens is 628 g/mol. The standard InChI is InChI=1S/C31H34O16/c1-11-21(36)23(38)24(39)30(41-11)45-17-9-18(35)20-19(10-17)46-27(15-5-7-16(34)8-6-15)28(22(20)37)47-31-25(40)29(44-14(4)33)26(12(2)42-31)43-13(3)32/h5-12,21,23-26,29-31,34-36,38-40H,1-4H3/t11-,12-,21-,23+,24-,25+,26-,29-,30+,31-/m0/s1. The largest absolute Gasteiger partial charge is 0.508 e. The number of esters is 2. The van der Waals surface area contributed by atoms with E-state index in [1.165, 1.54) is 44.2 Å². The van der Waals surface area contributed by atoms with E-state index in [4.69, 9.17) is 32.8 Å². The highest BCUT2D eigenvalue weighted by molar-refractivity contribution is 5.88. The maximum absolute atomic E-state index is 14.0. The number of carbonyl (C=O) groups is 2. The predicted molar refractivity (Wildman–Crippen MR) is 156 cm³/mol. The molecule has 6 N–H and O–H groups in total. The molecule has 10 atom stereocenters. The quantitative estimate of drug-likeness (QED) is 0.188. The SMILES string of the molecule is CC(=O)O[C@@H]1[C@@H](OC(C)=O)[C@@H](O)[C@H](Oc2c(-c3ccc(O)cc3)oc3cc(O[C@H]4O[C@@H](C)[C@H](O)[C@@H](O)[C@@H]4O)cc(O)c3c2=O)O[C@H]1C. The van der Waals surface area contributed by atoms with Crippen molar-refractivity contribution < 1.29 is 73.1 Å². The Balaban J connectivity index is 1.57. The second-order valence-electron chi connectivity index (χ2n) is 11.2. The van der Waals surface area contributed by atoms with Gasteiger partial charge in [0, 0.05) is 31.5 Å². The summed E-state index contributed by atoms with van der Waals surface area (Å²) in [6.07, 6.45) is -14.2. The van der Waals surface area contributed by atoms with Gasteiger partial charge in [-0.3, -0.25) is 14.4 Å². The van der Waals surface area contributed by atoms with E-state index in [2.05, 4.69) is 0 Å². The molecule has 3 heterocycles. The van der Waals surface area contributed by atoms with Crippen molar-refractivity contribution in [1.82, 2.24) is 0 Å². The van der Waals surface area contributed by atoms with Crippen molar-refractivity contribution in [1.29, 1.82) is 0 Å². The number of phenolic OH excluding ortho intramolecular Hbond substituents is 2. The molecule has 0 saturated carbocycles. The molecule has 1 aromatic heterocycles. The number of carbonyl (C=O) groups excluding carboxylic acids is 2. The highest BCUT2D eigenvalue weighted by atomic mass is 16.7. The highest BCUT2D eigenvalue weighted by Gasteiger charge is 2.49. The van der Waals surface area contributed by atoms with E-state index in [1.807, 2.05) is 0 Å². The van der Waals surface area contributed by atoms with Gasteiger partial charge in [0.1, 0.15) is 46.5 Å². The van der Waals surface area contributed by atoms with E-state index in [-0.39, 0.29) is 28.4 Å². The number of phenols is 2. The molecule has 0 unspecified atom stereocenters. The Morgan fingerprint density at radius 2 is 1.34 bits per heavy atom. The first-order chi connectivity index (χ1) is 22.2. The maximum Gasteiger partial charge on any atom is 0.303 e. The summed E-state index contributed by atoms with van der Waals surface area (Å²) in [7, 11) is 0. The van der Waals surface area contributed by atoms with Crippen LogP contribution in [0.3, 0.4) is 0 Å². The molecule has 47 heavy (non-hydrogen) atoms. The minimum absolute atomic E-state index is 0.110. The van der Waals surface area contributed by atoms with Crippen LogP contribution in [0.25, 0.3) is 22.3 Å². The second kappa shape index (κ2) is 13.3. The van der Waals surface area contributed by atoms with Crippen molar-refractivity contribution in [3.8, 4) is 34.3 Å². The number of aliphatic hydroxyl groups is 4. The first-order valence-corrected chi connectivity index (χ1v) is 14.5. The molecule has 0 amide bonds. The van der Waals surface area contributed by atoms with Gasteiger partial charge in [-0.1, -0.05) is 0 Å². The van der Waals surface area contributed by atoms with Crippen molar-refractivity contribution in [2.45, 2.75) is 89.1 Å². The minimum Gasteiger partial charge on any atom is -0.508 e. The van der Waals surface area contributed by atoms with Crippen molar-refractivity contribution >= 4 is 22.9 Å². The molecular formula is C31H34O16. The van der Waals surface area contributed by atoms with Gasteiger partial charge in [-0.25, -0.2) is 0 Å². The third-order valence-electron chi connectivity index (χ3n) is 7.69. The fourth-order valence-corrected chi connectivity index (χ4v) is 5.36. The minimum atomic E-state index is -1.79. The average molecular weight is 663 g/mol. The molecule has 2 aromatic carbocycles. The lowest BCUT2D eigenvalue weighted by atomic mass is 9.99. The lowest BCUT2D eigenvalue weighted by Gasteiger charge is -2.41. The summed E-state index contributed by atoms with van der Waals surface area (Å²) in [5.41, 5.74) is -0.966. The third kappa shape index (κ3) is 6.83. The summed E-state index contributed by atoms with van der Waals surface area (Å²) in [4.78, 5) is 37.5. The van der Waals surface area contributed by atoms with Crippen molar-refractivity contribution in [3.63, 3.8) is 0 Å². The Hall–Kier alpha value is -4.45. The van der Waals surface area contributed by atoms with E-state index in [0.717, 1.165) is 19.9 Å². The molecule has 0 spiro atoms. The molecule has 16 nitrogen and oxygen atoms in total. The van der Waals surface area contributed by atoms with Gasteiger partial charge >= 0.3 is 11.9 Å². The lowest BCUT2D eigenvalue weighted by Crippen LogP contribution is -2.61. The van der Waals surface area contributed by atoms with Crippen LogP contribution in [0.4, 0.5) is 0 Å². The third-order valence-corrected chi connectivity index (χ3v) is 7.69. The van der Waals surface area contributed by atoms with Crippen LogP contribution in [0.1, 0.15) is 27.7 Å². The van der Waals surface area contributed by atoms with Crippen LogP contribution in [0, 0.1) is 0 Å². The zero-order valence-corrected chi connectivity index (χ0v) is 25.5. The van der Waals surface area contributed by atoms with Crippen molar-refractivity contribution in [3.05, 3.63) is 46.6 Å². The zero-order valence-electron chi connectivity index (χ0n) is 25.5. The van der Waals surface area contributed by atoms with E-state index in [0.29, 0.717) is 0 Å². The molecule has 2 saturated heterocycles. The van der Waals surface area contributed by atoms with Crippen LogP contribution in [0.15, 0.2) is 45.6 Å². The number of fused-ring (bicyclic) bond motifs is 1. The average Bonchev–Trinajstić information content (AvgIpc) is 3.00. The molecule has 5 rings (SSSR count). The monoisotopic (exact) mass is 662 g/mol. The number of rotatable bonds is 7. The molecule has 3 aromatic rings. The molecule has 0 radical (unpaired) electrons. The van der Waals surface area contributed by atoms with Gasteiger partial charge in [-0.2, -0.15) is 0 Å². The fraction of sp³-hybridized carbons (Fsp3) is 0.452. The molecule has 16 heteroatoms. The number of aliphatic hydroxyl groups excluding tert-OH is 4. The van der Waals surface area contributed by atoms with Gasteiger partial charge in [0.2, 0.25) is 23.8 Å². The van der Waals surface area contributed by atoms with E-state index in [1.54, 1.807) is 0 Å². The smallest absolute Gasteiger partial charge is 0.303 e. The Bertz CT molecular complexity index is 1690. The number of hydrogen-bond donors (Lipinski definition) is 6. The van der Waals surface area contributed by atoms with Gasteiger partial charge in [0.15, 0.2) is 24.1 Å². The molecule has 254 valence electrons. The summed E-state index contributed by atoms with van der Waals surface area (Å²) in [5, 5.41) is 62.0. The van der Waals surface area contributed by atoms with Gasteiger partial charge in [0.05, 0.1) is 12.2 Å². The number of benzene rings is 2. The summed E-state index contributed by atoms with van der Waals surface area (Å²) in [6, 6.07) is 7.62. The Labute approximate surface area is 266 Å². The van der Waals surface area contributed by atoms with E-state index < -0.39 is 95.7 Å². The molecule has 0 bridgehead atoms. The summed E-state index contributed by atoms with van der Waals surface area (Å²) in [5.74, 6) is -3.24. The summed E-state index contributed by atoms with van der Waals surface area (Å²) < 4.78 is 39.2. The van der Waals surface area contributed by atoms with Gasteiger partial charge in [-0.05, 0) is 38.1 Å². The Morgan fingerprint density at radius 1 is 0.745 bits per heavy atom. The Morgan fingerprint density at radius 3 is 1.98 bits per heavy atom. The van der Waals surface area contributed by atoms with Crippen LogP contribution in [-0.2, 0) is 28.5 Å². The fourth-order valence-electron chi connectivity index (χ4n) is 5.36. The normalized spacial score (nSPS) is 30.8. The number of hydrogen-bond acceptors (Lipinski definition) is 16. The predicted octanol–water partition coefficient (Wildman–Crippen LogP) is 0.425. The molecule has 2 aliphatic heterocycles. The van der Waals surface area contributed by atoms with Crippen LogP contribution >= 0.6 is 0 Å². The first kappa shape index (κ1) is 33.9. The lowest BCUT2D eigenvalue weighted by molar-refractivity contribution is -0.276. The van der Waals surface area contributed by atoms with Gasteiger partial charge in [-0.15, -0.1) is 0 Å². The first-order valence-electron chi connectivity index (χ1n) is 14.5. The summed E-state index contributed by atoms with van der Waals surface area (Å²) >= 11 is 0. The maximum atomic E-state index is 14.0. The van der Waals surface area contributed by atoms with E-state index >= 15 is 0 Å². The topological polar surface area (TPSA) is 241 Å². The molecule has 2 fully saturated rings. The van der Waals surface area contributed by atoms with Crippen LogP contribution in [0.5, 0.6) is 23.0 Å². The van der Waals surface area contributed by atoms with Crippen LogP contribution < -0.4 is 14.9 Å². The molecule has 2 aliphatic rings. The number of aromatic hydroxyl groups is 2.